The second-order valence-corrected chi connectivity index (χ2v) is 5.58. The van der Waals surface area contributed by atoms with E-state index >= 15 is 0 Å². The quantitative estimate of drug-likeness (QED) is 0.724. The second kappa shape index (κ2) is 4.04. The highest BCUT2D eigenvalue weighted by Gasteiger charge is 2.38. The minimum absolute atomic E-state index is 0.487. The second-order valence-electron chi connectivity index (χ2n) is 5.58. The Hall–Kier alpha value is -0.120. The third kappa shape index (κ3) is 1.93. The molecule has 2 aliphatic heterocycles. The Bertz CT molecular complexity index is 219. The summed E-state index contributed by atoms with van der Waals surface area (Å²) in [6, 6.07) is 2.18. The third-order valence-corrected chi connectivity index (χ3v) is 4.51. The van der Waals surface area contributed by atoms with Crippen molar-refractivity contribution in [1.82, 2.24) is 9.80 Å². The van der Waals surface area contributed by atoms with Gasteiger partial charge >= 0.3 is 0 Å². The number of hydrogen-bond donors (Lipinski definition) is 1. The summed E-state index contributed by atoms with van der Waals surface area (Å²) in [5, 5.41) is 0. The number of likely N-dealkylation sites (tertiary alicyclic amines) is 2. The monoisotopic (exact) mass is 209 g/mol. The lowest BCUT2D eigenvalue weighted by atomic mass is 10.0. The zero-order valence-electron chi connectivity index (χ0n) is 9.57. The molecule has 2 N–H and O–H groups in total. The van der Waals surface area contributed by atoms with E-state index in [0.29, 0.717) is 6.04 Å². The summed E-state index contributed by atoms with van der Waals surface area (Å²) in [7, 11) is 0. The predicted octanol–water partition coefficient (Wildman–Crippen LogP) is 0.646. The number of hydrogen-bond acceptors (Lipinski definition) is 3. The molecule has 2 saturated heterocycles. The van der Waals surface area contributed by atoms with Crippen LogP contribution >= 0.6 is 0 Å². The smallest absolute Gasteiger partial charge is 0.0350 e. The maximum Gasteiger partial charge on any atom is 0.0350 e. The zero-order valence-corrected chi connectivity index (χ0v) is 9.57. The van der Waals surface area contributed by atoms with E-state index in [1.807, 2.05) is 0 Å². The number of rotatable bonds is 2. The van der Waals surface area contributed by atoms with Crippen molar-refractivity contribution in [1.29, 1.82) is 0 Å². The summed E-state index contributed by atoms with van der Waals surface area (Å²) in [5.74, 6) is 0. The first-order valence-corrected chi connectivity index (χ1v) is 6.56. The van der Waals surface area contributed by atoms with Gasteiger partial charge in [-0.3, -0.25) is 9.80 Å². The first-order chi connectivity index (χ1) is 7.33. The number of nitrogens with zero attached hydrogens (tertiary/aromatic N) is 2. The average Bonchev–Trinajstić information content (AvgIpc) is 2.74. The summed E-state index contributed by atoms with van der Waals surface area (Å²) in [4.78, 5) is 5.35. The molecule has 2 unspecified atom stereocenters. The first kappa shape index (κ1) is 10.1. The van der Waals surface area contributed by atoms with Crippen LogP contribution in [0.25, 0.3) is 0 Å². The summed E-state index contributed by atoms with van der Waals surface area (Å²) >= 11 is 0. The molecular formula is C12H23N3. The van der Waals surface area contributed by atoms with Gasteiger partial charge in [-0.2, -0.15) is 0 Å². The van der Waals surface area contributed by atoms with Crippen LogP contribution in [0.5, 0.6) is 0 Å². The Balaban J connectivity index is 1.45. The van der Waals surface area contributed by atoms with Crippen molar-refractivity contribution in [3.05, 3.63) is 0 Å². The van der Waals surface area contributed by atoms with Crippen molar-refractivity contribution in [3.8, 4) is 0 Å². The molecule has 1 aliphatic carbocycles. The van der Waals surface area contributed by atoms with Gasteiger partial charge in [0.2, 0.25) is 0 Å². The van der Waals surface area contributed by atoms with Crippen LogP contribution in [0.3, 0.4) is 0 Å². The first-order valence-electron chi connectivity index (χ1n) is 6.56. The summed E-state index contributed by atoms with van der Waals surface area (Å²) in [6.07, 6.45) is 6.67. The van der Waals surface area contributed by atoms with Gasteiger partial charge in [0.25, 0.3) is 0 Å². The molecule has 15 heavy (non-hydrogen) atoms. The number of nitrogens with two attached hydrogens (primary N) is 1. The van der Waals surface area contributed by atoms with E-state index in [1.54, 1.807) is 0 Å². The van der Waals surface area contributed by atoms with Gasteiger partial charge in [0.15, 0.2) is 0 Å². The molecule has 0 amide bonds. The zero-order chi connectivity index (χ0) is 10.3. The molecule has 3 nitrogen and oxygen atoms in total. The topological polar surface area (TPSA) is 32.5 Å². The van der Waals surface area contributed by atoms with Crippen molar-refractivity contribution in [3.63, 3.8) is 0 Å². The summed E-state index contributed by atoms with van der Waals surface area (Å²) < 4.78 is 0. The molecular weight excluding hydrogens is 186 g/mol. The maximum absolute atomic E-state index is 5.96. The average molecular weight is 209 g/mol. The van der Waals surface area contributed by atoms with E-state index < -0.39 is 0 Å². The van der Waals surface area contributed by atoms with Crippen LogP contribution in [-0.2, 0) is 0 Å². The molecule has 86 valence electrons. The van der Waals surface area contributed by atoms with E-state index in [1.165, 1.54) is 58.3 Å². The van der Waals surface area contributed by atoms with E-state index in [0.717, 1.165) is 12.1 Å². The molecule has 0 radical (unpaired) electrons. The van der Waals surface area contributed by atoms with E-state index in [9.17, 15) is 0 Å². The molecule has 0 bridgehead atoms. The Labute approximate surface area is 92.6 Å². The predicted molar refractivity (Wildman–Crippen MR) is 61.8 cm³/mol. The molecule has 1 saturated carbocycles. The van der Waals surface area contributed by atoms with E-state index in [-0.39, 0.29) is 0 Å². The van der Waals surface area contributed by atoms with Crippen molar-refractivity contribution < 1.29 is 0 Å². The molecule has 0 aromatic heterocycles. The van der Waals surface area contributed by atoms with Gasteiger partial charge in [0.05, 0.1) is 0 Å². The molecule has 0 aromatic carbocycles. The van der Waals surface area contributed by atoms with Gasteiger partial charge in [-0.05, 0) is 45.2 Å². The van der Waals surface area contributed by atoms with Crippen LogP contribution < -0.4 is 5.73 Å². The molecule has 0 spiro atoms. The maximum atomic E-state index is 5.96. The molecule has 0 aromatic rings. The molecule has 3 fully saturated rings. The minimum atomic E-state index is 0.487. The SMILES string of the molecule is NC1CCC(N2CC(N3CCCC3)C2)C1. The molecule has 3 rings (SSSR count). The normalized spacial score (nSPS) is 39.8. The van der Waals surface area contributed by atoms with Crippen LogP contribution in [0.1, 0.15) is 32.1 Å². The standard InChI is InChI=1S/C12H23N3/c13-10-3-4-11(7-10)15-8-12(9-15)14-5-1-2-6-14/h10-12H,1-9,13H2. The Kier molecular flexibility index (Phi) is 2.71. The molecule has 3 heteroatoms. The summed E-state index contributed by atoms with van der Waals surface area (Å²) in [5.41, 5.74) is 5.96. The third-order valence-electron chi connectivity index (χ3n) is 4.51. The van der Waals surface area contributed by atoms with E-state index in [4.69, 9.17) is 5.73 Å². The Morgan fingerprint density at radius 3 is 2.20 bits per heavy atom. The van der Waals surface area contributed by atoms with Crippen LogP contribution in [0.4, 0.5) is 0 Å². The Morgan fingerprint density at radius 1 is 0.867 bits per heavy atom. The fourth-order valence-corrected chi connectivity index (χ4v) is 3.45. The lowest BCUT2D eigenvalue weighted by Crippen LogP contribution is -2.61. The molecule has 2 heterocycles. The van der Waals surface area contributed by atoms with Gasteiger partial charge in [0.1, 0.15) is 0 Å². The van der Waals surface area contributed by atoms with E-state index in [2.05, 4.69) is 9.80 Å². The molecule has 2 atom stereocenters. The van der Waals surface area contributed by atoms with Crippen LogP contribution in [-0.4, -0.2) is 54.1 Å². The lowest BCUT2D eigenvalue weighted by molar-refractivity contribution is 0.0169. The largest absolute Gasteiger partial charge is 0.328 e. The fraction of sp³-hybridized carbons (Fsp3) is 1.00. The minimum Gasteiger partial charge on any atom is -0.328 e. The lowest BCUT2D eigenvalue weighted by Gasteiger charge is -2.47. The highest BCUT2D eigenvalue weighted by Crippen LogP contribution is 2.29. The van der Waals surface area contributed by atoms with Gasteiger partial charge in [-0.25, -0.2) is 0 Å². The fourth-order valence-electron chi connectivity index (χ4n) is 3.45. The van der Waals surface area contributed by atoms with Crippen molar-refractivity contribution in [2.45, 2.75) is 50.2 Å². The van der Waals surface area contributed by atoms with Crippen LogP contribution in [0.2, 0.25) is 0 Å². The van der Waals surface area contributed by atoms with Gasteiger partial charge in [0, 0.05) is 31.2 Å². The van der Waals surface area contributed by atoms with Crippen molar-refractivity contribution in [2.75, 3.05) is 26.2 Å². The summed E-state index contributed by atoms with van der Waals surface area (Å²) in [6.45, 7) is 5.33. The van der Waals surface area contributed by atoms with Gasteiger partial charge in [-0.15, -0.1) is 0 Å². The highest BCUT2D eigenvalue weighted by atomic mass is 15.3. The van der Waals surface area contributed by atoms with Crippen molar-refractivity contribution in [2.24, 2.45) is 5.73 Å². The van der Waals surface area contributed by atoms with Crippen molar-refractivity contribution >= 4 is 0 Å². The highest BCUT2D eigenvalue weighted by molar-refractivity contribution is 4.96. The molecule has 3 aliphatic rings. The van der Waals surface area contributed by atoms with Gasteiger partial charge in [-0.1, -0.05) is 0 Å². The van der Waals surface area contributed by atoms with Crippen LogP contribution in [0, 0.1) is 0 Å². The Morgan fingerprint density at radius 2 is 1.60 bits per heavy atom. The van der Waals surface area contributed by atoms with Crippen LogP contribution in [0.15, 0.2) is 0 Å². The van der Waals surface area contributed by atoms with Gasteiger partial charge < -0.3 is 5.73 Å².